The summed E-state index contributed by atoms with van der Waals surface area (Å²) in [5.74, 6) is 0.328. The topological polar surface area (TPSA) is 49.9 Å². The van der Waals surface area contributed by atoms with Gasteiger partial charge in [-0.25, -0.2) is 4.79 Å². The van der Waals surface area contributed by atoms with Gasteiger partial charge in [0.15, 0.2) is 0 Å². The van der Waals surface area contributed by atoms with Crippen molar-refractivity contribution in [3.05, 3.63) is 11.3 Å². The minimum absolute atomic E-state index is 0.0213. The van der Waals surface area contributed by atoms with Crippen LogP contribution >= 0.6 is 11.8 Å². The summed E-state index contributed by atoms with van der Waals surface area (Å²) in [5, 5.41) is 0.0373. The fraction of sp³-hybridized carbons (Fsp3) is 0.636. The average Bonchev–Trinajstić information content (AvgIpc) is 2.28. The minimum Gasteiger partial charge on any atom is -0.464 e. The molecule has 17 heavy (non-hydrogen) atoms. The lowest BCUT2D eigenvalue weighted by Gasteiger charge is -2.51. The third kappa shape index (κ3) is 1.75. The zero-order chi connectivity index (χ0) is 12.7. The van der Waals surface area contributed by atoms with Gasteiger partial charge in [0, 0.05) is 5.75 Å². The molecule has 0 unspecified atom stereocenters. The maximum Gasteiger partial charge on any atom is 0.354 e. The van der Waals surface area contributed by atoms with E-state index in [1.165, 1.54) is 7.11 Å². The lowest BCUT2D eigenvalue weighted by Crippen LogP contribution is -2.69. The molecule has 0 radical (unpaired) electrons. The quantitative estimate of drug-likeness (QED) is 0.524. The first-order chi connectivity index (χ1) is 7.99. The van der Waals surface area contributed by atoms with Crippen LogP contribution in [-0.2, 0) is 14.3 Å². The minimum atomic E-state index is -0.418. The summed E-state index contributed by atoms with van der Waals surface area (Å²) in [6.07, 6.45) is 0. The highest BCUT2D eigenvalue weighted by molar-refractivity contribution is 8.00. The summed E-state index contributed by atoms with van der Waals surface area (Å²) in [4.78, 5) is 27.2. The second-order valence-electron chi connectivity index (χ2n) is 4.44. The average molecular weight is 256 g/mol. The molecule has 1 fully saturated rings. The van der Waals surface area contributed by atoms with Gasteiger partial charge in [-0.1, -0.05) is 0 Å². The third-order valence-corrected chi connectivity index (χ3v) is 4.48. The Hall–Kier alpha value is -1.01. The maximum absolute atomic E-state index is 12.0. The normalized spacial score (nSPS) is 28.1. The molecule has 6 heteroatoms. The lowest BCUT2D eigenvalue weighted by atomic mass is 10.0. The van der Waals surface area contributed by atoms with Crippen LogP contribution in [0.3, 0.4) is 0 Å². The highest BCUT2D eigenvalue weighted by atomic mass is 32.2. The van der Waals surface area contributed by atoms with Gasteiger partial charge in [-0.15, -0.1) is 11.8 Å². The smallest absolute Gasteiger partial charge is 0.354 e. The zero-order valence-electron chi connectivity index (χ0n) is 10.4. The van der Waals surface area contributed by atoms with Crippen molar-refractivity contribution >= 4 is 23.6 Å². The van der Waals surface area contributed by atoms with Gasteiger partial charge in [0.05, 0.1) is 7.11 Å². The fourth-order valence-corrected chi connectivity index (χ4v) is 3.64. The molecule has 0 spiro atoms. The first kappa shape index (κ1) is 12.4. The van der Waals surface area contributed by atoms with Gasteiger partial charge >= 0.3 is 5.97 Å². The predicted octanol–water partition coefficient (Wildman–Crippen LogP) is 0.279. The van der Waals surface area contributed by atoms with Crippen LogP contribution in [0.15, 0.2) is 11.3 Å². The molecule has 2 rings (SSSR count). The molecule has 2 atom stereocenters. The van der Waals surface area contributed by atoms with Gasteiger partial charge in [0.2, 0.25) is 5.91 Å². The predicted molar refractivity (Wildman–Crippen MR) is 65.3 cm³/mol. The number of likely N-dealkylation sites (N-methyl/N-ethyl adjacent to an activating group) is 1. The number of carbonyl (C=O) groups excluding carboxylic acids is 2. The van der Waals surface area contributed by atoms with Crippen molar-refractivity contribution in [2.24, 2.45) is 0 Å². The first-order valence-corrected chi connectivity index (χ1v) is 6.43. The summed E-state index contributed by atoms with van der Waals surface area (Å²) in [7, 11) is 5.10. The van der Waals surface area contributed by atoms with Crippen molar-refractivity contribution in [3.8, 4) is 0 Å². The van der Waals surface area contributed by atoms with Crippen molar-refractivity contribution in [2.75, 3.05) is 27.0 Å². The van der Waals surface area contributed by atoms with Crippen molar-refractivity contribution in [1.82, 2.24) is 9.80 Å². The molecular weight excluding hydrogens is 240 g/mol. The third-order valence-electron chi connectivity index (χ3n) is 3.07. The van der Waals surface area contributed by atoms with E-state index in [0.29, 0.717) is 5.70 Å². The van der Waals surface area contributed by atoms with Crippen molar-refractivity contribution in [1.29, 1.82) is 0 Å². The molecule has 0 saturated carbocycles. The number of β-lactam (4-membered cyclic amide) rings is 1. The number of fused-ring (bicyclic) bond motifs is 1. The van der Waals surface area contributed by atoms with E-state index >= 15 is 0 Å². The van der Waals surface area contributed by atoms with Gasteiger partial charge < -0.3 is 4.74 Å². The van der Waals surface area contributed by atoms with Crippen molar-refractivity contribution in [2.45, 2.75) is 18.3 Å². The molecule has 0 aromatic rings. The summed E-state index contributed by atoms with van der Waals surface area (Å²) >= 11 is 1.69. The molecular formula is C11H16N2O3S. The molecule has 0 aromatic heterocycles. The van der Waals surface area contributed by atoms with E-state index in [2.05, 4.69) is 0 Å². The Balaban J connectivity index is 2.30. The van der Waals surface area contributed by atoms with Crippen LogP contribution < -0.4 is 0 Å². The number of thioether (sulfide) groups is 1. The molecule has 2 heterocycles. The van der Waals surface area contributed by atoms with Crippen LogP contribution in [0.1, 0.15) is 6.92 Å². The van der Waals surface area contributed by atoms with Crippen LogP contribution in [0.2, 0.25) is 0 Å². The molecule has 5 nitrogen and oxygen atoms in total. The van der Waals surface area contributed by atoms with E-state index in [9.17, 15) is 9.59 Å². The zero-order valence-corrected chi connectivity index (χ0v) is 11.2. The van der Waals surface area contributed by atoms with Gasteiger partial charge in [-0.3, -0.25) is 14.6 Å². The largest absolute Gasteiger partial charge is 0.464 e. The number of ether oxygens (including phenoxy) is 1. The van der Waals surface area contributed by atoms with E-state index in [1.807, 2.05) is 25.9 Å². The fourth-order valence-electron chi connectivity index (χ4n) is 2.18. The standard InChI is InChI=1S/C11H16N2O3S/c1-6-5-17-10-8(12(2)3)9(14)13(10)7(6)11(15)16-4/h8,10H,5H2,1-4H3/t8-,10-/m1/s1. The second-order valence-corrected chi connectivity index (χ2v) is 5.54. The number of esters is 1. The van der Waals surface area contributed by atoms with Crippen LogP contribution in [0.5, 0.6) is 0 Å². The number of rotatable bonds is 2. The molecule has 0 N–H and O–H groups in total. The van der Waals surface area contributed by atoms with E-state index in [1.54, 1.807) is 16.7 Å². The molecule has 0 aliphatic carbocycles. The Bertz CT molecular complexity index is 406. The van der Waals surface area contributed by atoms with Crippen molar-refractivity contribution < 1.29 is 14.3 Å². The highest BCUT2D eigenvalue weighted by Crippen LogP contribution is 2.41. The number of nitrogens with zero attached hydrogens (tertiary/aromatic N) is 2. The summed E-state index contributed by atoms with van der Waals surface area (Å²) in [5.41, 5.74) is 1.34. The Kier molecular flexibility index (Phi) is 3.18. The highest BCUT2D eigenvalue weighted by Gasteiger charge is 2.54. The molecule has 2 aliphatic heterocycles. The lowest BCUT2D eigenvalue weighted by molar-refractivity contribution is -0.154. The summed E-state index contributed by atoms with van der Waals surface area (Å²) < 4.78 is 4.74. The Morgan fingerprint density at radius 3 is 2.71 bits per heavy atom. The van der Waals surface area contributed by atoms with E-state index in [4.69, 9.17) is 4.74 Å². The van der Waals surface area contributed by atoms with Gasteiger partial charge in [0.25, 0.3) is 0 Å². The number of amides is 1. The van der Waals surface area contributed by atoms with Crippen molar-refractivity contribution in [3.63, 3.8) is 0 Å². The SMILES string of the molecule is COC(=O)C1=C(C)CS[C@@H]2[C@H](N(C)C)C(=O)N12. The van der Waals surface area contributed by atoms with E-state index in [-0.39, 0.29) is 17.3 Å². The van der Waals surface area contributed by atoms with Crippen LogP contribution in [0, 0.1) is 0 Å². The van der Waals surface area contributed by atoms with E-state index < -0.39 is 5.97 Å². The van der Waals surface area contributed by atoms with Crippen LogP contribution in [0.4, 0.5) is 0 Å². The number of carbonyl (C=O) groups is 2. The molecule has 0 bridgehead atoms. The van der Waals surface area contributed by atoms with Gasteiger partial charge in [-0.2, -0.15) is 0 Å². The van der Waals surface area contributed by atoms with Crippen LogP contribution in [-0.4, -0.2) is 60.1 Å². The Morgan fingerprint density at radius 1 is 1.53 bits per heavy atom. The van der Waals surface area contributed by atoms with Gasteiger partial charge in [0.1, 0.15) is 17.1 Å². The summed E-state index contributed by atoms with van der Waals surface area (Å²) in [6, 6.07) is -0.132. The van der Waals surface area contributed by atoms with Gasteiger partial charge in [-0.05, 0) is 26.6 Å². The Labute approximate surface area is 105 Å². The molecule has 2 aliphatic rings. The number of hydrogen-bond acceptors (Lipinski definition) is 5. The Morgan fingerprint density at radius 2 is 2.18 bits per heavy atom. The monoisotopic (exact) mass is 256 g/mol. The maximum atomic E-state index is 12.0. The van der Waals surface area contributed by atoms with E-state index in [0.717, 1.165) is 11.3 Å². The molecule has 94 valence electrons. The first-order valence-electron chi connectivity index (χ1n) is 5.38. The molecule has 1 amide bonds. The molecule has 1 saturated heterocycles. The molecule has 0 aromatic carbocycles. The second kappa shape index (κ2) is 4.34. The summed E-state index contributed by atoms with van der Waals surface area (Å²) in [6.45, 7) is 1.87. The number of hydrogen-bond donors (Lipinski definition) is 0. The number of methoxy groups -OCH3 is 1. The van der Waals surface area contributed by atoms with Crippen LogP contribution in [0.25, 0.3) is 0 Å².